The van der Waals surface area contributed by atoms with E-state index in [9.17, 15) is 4.79 Å². The number of nitrogens with zero attached hydrogens (tertiary/aromatic N) is 4. The molecule has 0 bridgehead atoms. The summed E-state index contributed by atoms with van der Waals surface area (Å²) < 4.78 is 1.87. The monoisotopic (exact) mass is 389 g/mol. The summed E-state index contributed by atoms with van der Waals surface area (Å²) in [6.07, 6.45) is 8.09. The number of hydrogen-bond donors (Lipinski definition) is 3. The molecule has 2 heterocycles. The first-order valence-electron chi connectivity index (χ1n) is 9.49. The van der Waals surface area contributed by atoms with Crippen LogP contribution < -0.4 is 16.4 Å². The molecule has 8 nitrogen and oxygen atoms in total. The lowest BCUT2D eigenvalue weighted by atomic mass is 9.86. The Labute approximate surface area is 168 Å². The van der Waals surface area contributed by atoms with Gasteiger partial charge < -0.3 is 16.4 Å². The number of hydrogen-bond acceptors (Lipinski definition) is 6. The van der Waals surface area contributed by atoms with E-state index >= 15 is 0 Å². The Hall–Kier alpha value is -3.68. The zero-order valence-electron chi connectivity index (χ0n) is 16.0. The van der Waals surface area contributed by atoms with Gasteiger partial charge in [0.25, 0.3) is 0 Å². The minimum Gasteiger partial charge on any atom is -0.383 e. The Morgan fingerprint density at radius 3 is 2.79 bits per heavy atom. The molecule has 29 heavy (non-hydrogen) atoms. The molecule has 0 saturated heterocycles. The first kappa shape index (κ1) is 18.7. The third-order valence-electron chi connectivity index (χ3n) is 5.00. The molecule has 4 rings (SSSR count). The van der Waals surface area contributed by atoms with Crippen molar-refractivity contribution < 1.29 is 4.79 Å². The van der Waals surface area contributed by atoms with Crippen LogP contribution in [0, 0.1) is 0 Å². The third-order valence-corrected chi connectivity index (χ3v) is 5.00. The number of nitrogens with two attached hydrogens (primary N) is 1. The van der Waals surface area contributed by atoms with Gasteiger partial charge >= 0.3 is 0 Å². The van der Waals surface area contributed by atoms with Crippen molar-refractivity contribution in [3.63, 3.8) is 0 Å². The Morgan fingerprint density at radius 1 is 1.24 bits per heavy atom. The second kappa shape index (κ2) is 8.14. The molecular formula is C21H23N7O. The van der Waals surface area contributed by atoms with Gasteiger partial charge in [-0.1, -0.05) is 36.9 Å². The molecule has 0 unspecified atom stereocenters. The molecule has 0 spiro atoms. The SMILES string of the molecule is C=CC(=O)NC1CC(Nc2ncnc(N)c2-c2cnn(Cc3ccccc3)c2)C1. The van der Waals surface area contributed by atoms with Crippen LogP contribution in [0.5, 0.6) is 0 Å². The van der Waals surface area contributed by atoms with Crippen LogP contribution in [0.1, 0.15) is 18.4 Å². The molecule has 1 aliphatic carbocycles. The van der Waals surface area contributed by atoms with Crippen molar-refractivity contribution in [2.45, 2.75) is 31.5 Å². The predicted molar refractivity (Wildman–Crippen MR) is 112 cm³/mol. The summed E-state index contributed by atoms with van der Waals surface area (Å²) >= 11 is 0. The Kier molecular flexibility index (Phi) is 5.24. The fourth-order valence-electron chi connectivity index (χ4n) is 3.45. The maximum atomic E-state index is 11.4. The topological polar surface area (TPSA) is 111 Å². The van der Waals surface area contributed by atoms with Gasteiger partial charge in [0.1, 0.15) is 18.0 Å². The van der Waals surface area contributed by atoms with E-state index in [1.165, 1.54) is 18.0 Å². The van der Waals surface area contributed by atoms with Crippen LogP contribution in [0.2, 0.25) is 0 Å². The number of nitrogens with one attached hydrogen (secondary N) is 2. The highest BCUT2D eigenvalue weighted by atomic mass is 16.1. The standard InChI is InChI=1S/C21H23N7O/c1-2-18(29)26-16-8-17(9-16)27-21-19(20(22)23-13-24-21)15-10-25-28(12-15)11-14-6-4-3-5-7-14/h2-7,10,12-13,16-17H,1,8-9,11H2,(H,26,29)(H3,22,23,24,27). The molecule has 148 valence electrons. The van der Waals surface area contributed by atoms with E-state index in [4.69, 9.17) is 5.73 Å². The first-order valence-corrected chi connectivity index (χ1v) is 9.49. The van der Waals surface area contributed by atoms with Gasteiger partial charge in [0, 0.05) is 23.8 Å². The summed E-state index contributed by atoms with van der Waals surface area (Å²) in [4.78, 5) is 19.9. The van der Waals surface area contributed by atoms with Gasteiger partial charge in [-0.3, -0.25) is 9.48 Å². The highest BCUT2D eigenvalue weighted by molar-refractivity contribution is 5.87. The lowest BCUT2D eigenvalue weighted by Gasteiger charge is -2.36. The molecule has 1 aliphatic rings. The molecule has 4 N–H and O–H groups in total. The van der Waals surface area contributed by atoms with Crippen molar-refractivity contribution in [2.75, 3.05) is 11.1 Å². The highest BCUT2D eigenvalue weighted by Gasteiger charge is 2.31. The molecule has 1 amide bonds. The van der Waals surface area contributed by atoms with Crippen molar-refractivity contribution in [3.05, 3.63) is 67.3 Å². The molecule has 0 radical (unpaired) electrons. The largest absolute Gasteiger partial charge is 0.383 e. The fourth-order valence-corrected chi connectivity index (χ4v) is 3.45. The van der Waals surface area contributed by atoms with Crippen LogP contribution in [-0.2, 0) is 11.3 Å². The number of aromatic nitrogens is 4. The maximum absolute atomic E-state index is 11.4. The number of carbonyl (C=O) groups excluding carboxylic acids is 1. The Bertz CT molecular complexity index is 1010. The van der Waals surface area contributed by atoms with Crippen molar-refractivity contribution in [1.82, 2.24) is 25.1 Å². The molecule has 1 aromatic carbocycles. The minimum absolute atomic E-state index is 0.147. The van der Waals surface area contributed by atoms with E-state index < -0.39 is 0 Å². The van der Waals surface area contributed by atoms with E-state index in [1.54, 1.807) is 6.20 Å². The molecule has 2 aromatic heterocycles. The minimum atomic E-state index is -0.147. The number of rotatable bonds is 7. The molecule has 0 atom stereocenters. The van der Waals surface area contributed by atoms with E-state index in [0.29, 0.717) is 18.2 Å². The number of amides is 1. The van der Waals surface area contributed by atoms with E-state index in [1.807, 2.05) is 29.1 Å². The zero-order valence-corrected chi connectivity index (χ0v) is 16.0. The molecule has 1 saturated carbocycles. The fraction of sp³-hybridized carbons (Fsp3) is 0.238. The number of anilines is 2. The lowest BCUT2D eigenvalue weighted by molar-refractivity contribution is -0.117. The van der Waals surface area contributed by atoms with Crippen molar-refractivity contribution in [1.29, 1.82) is 0 Å². The van der Waals surface area contributed by atoms with Crippen LogP contribution in [0.25, 0.3) is 11.1 Å². The smallest absolute Gasteiger partial charge is 0.243 e. The van der Waals surface area contributed by atoms with Gasteiger partial charge in [-0.15, -0.1) is 0 Å². The van der Waals surface area contributed by atoms with E-state index in [0.717, 1.165) is 24.0 Å². The van der Waals surface area contributed by atoms with Crippen molar-refractivity contribution >= 4 is 17.5 Å². The maximum Gasteiger partial charge on any atom is 0.243 e. The summed E-state index contributed by atoms with van der Waals surface area (Å²) in [5, 5.41) is 10.8. The third kappa shape index (κ3) is 4.26. The van der Waals surface area contributed by atoms with Crippen LogP contribution in [0.4, 0.5) is 11.6 Å². The van der Waals surface area contributed by atoms with Crippen LogP contribution in [0.3, 0.4) is 0 Å². The molecule has 3 aromatic rings. The molecular weight excluding hydrogens is 366 g/mol. The normalized spacial score (nSPS) is 17.9. The van der Waals surface area contributed by atoms with Gasteiger partial charge in [0.2, 0.25) is 5.91 Å². The summed E-state index contributed by atoms with van der Waals surface area (Å²) in [6, 6.07) is 10.5. The van der Waals surface area contributed by atoms with Gasteiger partial charge in [-0.05, 0) is 24.5 Å². The van der Waals surface area contributed by atoms with Gasteiger partial charge in [0.15, 0.2) is 0 Å². The second-order valence-corrected chi connectivity index (χ2v) is 7.12. The van der Waals surface area contributed by atoms with Gasteiger partial charge in [0.05, 0.1) is 18.3 Å². The Morgan fingerprint density at radius 2 is 2.03 bits per heavy atom. The lowest BCUT2D eigenvalue weighted by Crippen LogP contribution is -2.49. The van der Waals surface area contributed by atoms with Gasteiger partial charge in [-0.25, -0.2) is 9.97 Å². The second-order valence-electron chi connectivity index (χ2n) is 7.12. The number of carbonyl (C=O) groups is 1. The van der Waals surface area contributed by atoms with E-state index in [2.05, 4.69) is 44.4 Å². The molecule has 1 fully saturated rings. The Balaban J connectivity index is 1.47. The summed E-state index contributed by atoms with van der Waals surface area (Å²) in [6.45, 7) is 4.15. The summed E-state index contributed by atoms with van der Waals surface area (Å²) in [5.74, 6) is 0.930. The van der Waals surface area contributed by atoms with Crippen LogP contribution >= 0.6 is 0 Å². The zero-order chi connectivity index (χ0) is 20.2. The molecule has 8 heteroatoms. The van der Waals surface area contributed by atoms with Gasteiger partial charge in [-0.2, -0.15) is 5.10 Å². The predicted octanol–water partition coefficient (Wildman–Crippen LogP) is 2.22. The summed E-state index contributed by atoms with van der Waals surface area (Å²) in [5.41, 5.74) is 8.93. The first-order chi connectivity index (χ1) is 14.1. The van der Waals surface area contributed by atoms with Crippen LogP contribution in [-0.4, -0.2) is 37.7 Å². The molecule has 0 aliphatic heterocycles. The quantitative estimate of drug-likeness (QED) is 0.535. The number of nitrogen functional groups attached to an aromatic ring is 1. The average Bonchev–Trinajstić information content (AvgIpc) is 3.14. The van der Waals surface area contributed by atoms with Crippen LogP contribution in [0.15, 0.2) is 61.7 Å². The average molecular weight is 389 g/mol. The van der Waals surface area contributed by atoms with E-state index in [-0.39, 0.29) is 18.0 Å². The summed E-state index contributed by atoms with van der Waals surface area (Å²) in [7, 11) is 0. The highest BCUT2D eigenvalue weighted by Crippen LogP contribution is 2.33. The number of benzene rings is 1. The van der Waals surface area contributed by atoms with Crippen molar-refractivity contribution in [3.8, 4) is 11.1 Å². The van der Waals surface area contributed by atoms with Crippen molar-refractivity contribution in [2.24, 2.45) is 0 Å².